The van der Waals surface area contributed by atoms with Gasteiger partial charge < -0.3 is 14.8 Å². The van der Waals surface area contributed by atoms with Gasteiger partial charge in [0, 0.05) is 12.7 Å². The molecule has 100 valence electrons. The molecule has 1 heterocycles. The highest BCUT2D eigenvalue weighted by molar-refractivity contribution is 5.33. The summed E-state index contributed by atoms with van der Waals surface area (Å²) in [6.45, 7) is 3.26. The Bertz CT molecular complexity index is 514. The minimum atomic E-state index is 0.483. The molecule has 0 aliphatic rings. The predicted octanol–water partition coefficient (Wildman–Crippen LogP) is 2.39. The molecule has 0 radical (unpaired) electrons. The third-order valence-electron chi connectivity index (χ3n) is 2.38. The summed E-state index contributed by atoms with van der Waals surface area (Å²) in [5.74, 6) is 2.01. The molecule has 5 heteroatoms. The lowest BCUT2D eigenvalue weighted by molar-refractivity contribution is 0.339. The maximum atomic E-state index is 5.64. The Morgan fingerprint density at radius 2 is 1.84 bits per heavy atom. The maximum Gasteiger partial charge on any atom is 0.238 e. The molecule has 1 N–H and O–H groups in total. The molecule has 0 aliphatic carbocycles. The smallest absolute Gasteiger partial charge is 0.238 e. The average Bonchev–Trinajstić information content (AvgIpc) is 2.42. The Morgan fingerprint density at radius 1 is 1.11 bits per heavy atom. The molecule has 0 aliphatic heterocycles. The van der Waals surface area contributed by atoms with Gasteiger partial charge in [-0.3, -0.25) is 4.98 Å². The van der Waals surface area contributed by atoms with Crippen LogP contribution in [0.15, 0.2) is 36.7 Å². The van der Waals surface area contributed by atoms with Crippen LogP contribution < -0.4 is 14.8 Å². The van der Waals surface area contributed by atoms with E-state index < -0.39 is 0 Å². The van der Waals surface area contributed by atoms with Gasteiger partial charge >= 0.3 is 0 Å². The van der Waals surface area contributed by atoms with Crippen LogP contribution in [0.2, 0.25) is 0 Å². The van der Waals surface area contributed by atoms with Gasteiger partial charge in [0.05, 0.1) is 18.5 Å². The molecule has 19 heavy (non-hydrogen) atoms. The summed E-state index contributed by atoms with van der Waals surface area (Å²) in [5, 5.41) is 3.02. The number of hydrogen-bond acceptors (Lipinski definition) is 5. The molecule has 0 spiro atoms. The molecule has 2 aromatic rings. The van der Waals surface area contributed by atoms with E-state index in [-0.39, 0.29) is 0 Å². The lowest BCUT2D eigenvalue weighted by Gasteiger charge is -2.07. The van der Waals surface area contributed by atoms with Crippen molar-refractivity contribution < 1.29 is 9.47 Å². The first-order chi connectivity index (χ1) is 9.31. The highest BCUT2D eigenvalue weighted by Crippen LogP contribution is 2.22. The van der Waals surface area contributed by atoms with Crippen molar-refractivity contribution in [2.45, 2.75) is 13.5 Å². The molecule has 0 atom stereocenters. The van der Waals surface area contributed by atoms with Gasteiger partial charge in [0.15, 0.2) is 0 Å². The van der Waals surface area contributed by atoms with Crippen LogP contribution in [0.25, 0.3) is 0 Å². The van der Waals surface area contributed by atoms with Gasteiger partial charge in [-0.2, -0.15) is 0 Å². The molecule has 0 unspecified atom stereocenters. The minimum Gasteiger partial charge on any atom is -0.494 e. The molecule has 0 saturated carbocycles. The monoisotopic (exact) mass is 259 g/mol. The fraction of sp³-hybridized carbons (Fsp3) is 0.286. The summed E-state index contributed by atoms with van der Waals surface area (Å²) >= 11 is 0. The van der Waals surface area contributed by atoms with Crippen molar-refractivity contribution >= 4 is 0 Å². The Morgan fingerprint density at radius 3 is 2.53 bits per heavy atom. The summed E-state index contributed by atoms with van der Waals surface area (Å²) < 4.78 is 11.0. The fourth-order valence-electron chi connectivity index (χ4n) is 1.59. The molecule has 1 aromatic heterocycles. The largest absolute Gasteiger partial charge is 0.494 e. The highest BCUT2D eigenvalue weighted by atomic mass is 16.5. The number of benzene rings is 1. The van der Waals surface area contributed by atoms with Crippen LogP contribution in [-0.2, 0) is 6.54 Å². The zero-order chi connectivity index (χ0) is 13.5. The number of hydrogen-bond donors (Lipinski definition) is 1. The van der Waals surface area contributed by atoms with Gasteiger partial charge in [-0.15, -0.1) is 0 Å². The van der Waals surface area contributed by atoms with Gasteiger partial charge in [0.25, 0.3) is 0 Å². The van der Waals surface area contributed by atoms with Gasteiger partial charge in [0.1, 0.15) is 11.5 Å². The van der Waals surface area contributed by atoms with Crippen LogP contribution in [0.1, 0.15) is 12.6 Å². The van der Waals surface area contributed by atoms with Crippen LogP contribution in [-0.4, -0.2) is 23.6 Å². The first-order valence-electron chi connectivity index (χ1n) is 6.18. The Hall–Kier alpha value is -2.14. The normalized spacial score (nSPS) is 10.2. The Labute approximate surface area is 112 Å². The van der Waals surface area contributed by atoms with E-state index in [2.05, 4.69) is 15.3 Å². The number of nitrogens with one attached hydrogen (secondary N) is 1. The van der Waals surface area contributed by atoms with E-state index in [0.29, 0.717) is 24.8 Å². The summed E-state index contributed by atoms with van der Waals surface area (Å²) in [4.78, 5) is 8.43. The van der Waals surface area contributed by atoms with Gasteiger partial charge in [-0.1, -0.05) is 0 Å². The minimum absolute atomic E-state index is 0.483. The van der Waals surface area contributed by atoms with Crippen molar-refractivity contribution in [1.29, 1.82) is 0 Å². The van der Waals surface area contributed by atoms with Crippen molar-refractivity contribution in [3.8, 4) is 17.4 Å². The number of aromatic nitrogens is 2. The third-order valence-corrected chi connectivity index (χ3v) is 2.38. The van der Waals surface area contributed by atoms with Crippen LogP contribution in [0.5, 0.6) is 17.4 Å². The van der Waals surface area contributed by atoms with Crippen LogP contribution in [0, 0.1) is 0 Å². The molecule has 0 amide bonds. The fourth-order valence-corrected chi connectivity index (χ4v) is 1.59. The highest BCUT2D eigenvalue weighted by Gasteiger charge is 2.02. The van der Waals surface area contributed by atoms with Gasteiger partial charge in [-0.05, 0) is 38.2 Å². The number of rotatable bonds is 6. The van der Waals surface area contributed by atoms with Crippen LogP contribution >= 0.6 is 0 Å². The maximum absolute atomic E-state index is 5.64. The number of ether oxygens (including phenoxy) is 2. The first-order valence-corrected chi connectivity index (χ1v) is 6.18. The van der Waals surface area contributed by atoms with E-state index in [9.17, 15) is 0 Å². The lowest BCUT2D eigenvalue weighted by Crippen LogP contribution is -2.07. The second kappa shape index (κ2) is 6.70. The second-order valence-corrected chi connectivity index (χ2v) is 3.89. The van der Waals surface area contributed by atoms with E-state index in [1.165, 1.54) is 0 Å². The SMILES string of the molecule is CCOc1ccc(Oc2cncc(CNC)n2)cc1. The standard InChI is InChI=1S/C14H17N3O2/c1-3-18-12-4-6-13(7-5-12)19-14-10-16-9-11(17-14)8-15-2/h4-7,9-10,15H,3,8H2,1-2H3. The van der Waals surface area contributed by atoms with Crippen LogP contribution in [0.3, 0.4) is 0 Å². The summed E-state index contributed by atoms with van der Waals surface area (Å²) in [6, 6.07) is 7.42. The van der Waals surface area contributed by atoms with Crippen molar-refractivity contribution in [2.24, 2.45) is 0 Å². The molecule has 2 rings (SSSR count). The Balaban J connectivity index is 2.05. The van der Waals surface area contributed by atoms with Crippen molar-refractivity contribution in [1.82, 2.24) is 15.3 Å². The van der Waals surface area contributed by atoms with E-state index in [1.54, 1.807) is 12.4 Å². The molecule has 0 saturated heterocycles. The molecule has 0 fully saturated rings. The van der Waals surface area contributed by atoms with E-state index >= 15 is 0 Å². The third kappa shape index (κ3) is 3.93. The van der Waals surface area contributed by atoms with Crippen LogP contribution in [0.4, 0.5) is 0 Å². The summed E-state index contributed by atoms with van der Waals surface area (Å²) in [5.41, 5.74) is 0.839. The van der Waals surface area contributed by atoms with E-state index in [4.69, 9.17) is 9.47 Å². The van der Waals surface area contributed by atoms with E-state index in [1.807, 2.05) is 38.2 Å². The van der Waals surface area contributed by atoms with Crippen molar-refractivity contribution in [3.63, 3.8) is 0 Å². The predicted molar refractivity (Wildman–Crippen MR) is 72.5 cm³/mol. The van der Waals surface area contributed by atoms with Gasteiger partial charge in [-0.25, -0.2) is 4.98 Å². The molecular formula is C14H17N3O2. The molecule has 5 nitrogen and oxygen atoms in total. The lowest BCUT2D eigenvalue weighted by atomic mass is 10.3. The number of nitrogens with zero attached hydrogens (tertiary/aromatic N) is 2. The average molecular weight is 259 g/mol. The zero-order valence-electron chi connectivity index (χ0n) is 11.1. The second-order valence-electron chi connectivity index (χ2n) is 3.89. The zero-order valence-corrected chi connectivity index (χ0v) is 11.1. The van der Waals surface area contributed by atoms with Gasteiger partial charge in [0.2, 0.25) is 5.88 Å². The van der Waals surface area contributed by atoms with E-state index in [0.717, 1.165) is 11.4 Å². The quantitative estimate of drug-likeness (QED) is 0.863. The van der Waals surface area contributed by atoms with Crippen molar-refractivity contribution in [3.05, 3.63) is 42.4 Å². The molecular weight excluding hydrogens is 242 g/mol. The topological polar surface area (TPSA) is 56.3 Å². The molecule has 0 bridgehead atoms. The molecule has 1 aromatic carbocycles. The summed E-state index contributed by atoms with van der Waals surface area (Å²) in [7, 11) is 1.86. The summed E-state index contributed by atoms with van der Waals surface area (Å²) in [6.07, 6.45) is 3.30. The first kappa shape index (κ1) is 13.3. The van der Waals surface area contributed by atoms with Crippen molar-refractivity contribution in [2.75, 3.05) is 13.7 Å². The Kier molecular flexibility index (Phi) is 4.69.